The fourth-order valence-corrected chi connectivity index (χ4v) is 2.31. The van der Waals surface area contributed by atoms with Gasteiger partial charge in [-0.2, -0.15) is 4.98 Å². The van der Waals surface area contributed by atoms with Crippen LogP contribution in [0.4, 0.5) is 0 Å². The Labute approximate surface area is 105 Å². The molecule has 2 aromatic rings. The molecule has 2 aromatic heterocycles. The Kier molecular flexibility index (Phi) is 4.28. The molecule has 0 radical (unpaired) electrons. The van der Waals surface area contributed by atoms with E-state index in [0.29, 0.717) is 5.89 Å². The summed E-state index contributed by atoms with van der Waals surface area (Å²) in [4.78, 5) is 5.58. The second kappa shape index (κ2) is 5.93. The van der Waals surface area contributed by atoms with Gasteiger partial charge in [0.2, 0.25) is 5.89 Å². The molecule has 0 aliphatic heterocycles. The minimum atomic E-state index is -0.125. The fourth-order valence-electron chi connectivity index (χ4n) is 1.61. The highest BCUT2D eigenvalue weighted by molar-refractivity contribution is 7.09. The van der Waals surface area contributed by atoms with Crippen molar-refractivity contribution in [1.82, 2.24) is 10.1 Å². The molecule has 17 heavy (non-hydrogen) atoms. The minimum absolute atomic E-state index is 0.125. The van der Waals surface area contributed by atoms with Crippen molar-refractivity contribution >= 4 is 11.3 Å². The Morgan fingerprint density at radius 2 is 2.41 bits per heavy atom. The number of hydrogen-bond acceptors (Lipinski definition) is 5. The third-order valence-corrected chi connectivity index (χ3v) is 3.46. The molecule has 2 heterocycles. The van der Waals surface area contributed by atoms with Gasteiger partial charge >= 0.3 is 0 Å². The first-order chi connectivity index (χ1) is 8.29. The van der Waals surface area contributed by atoms with Crippen molar-refractivity contribution in [2.75, 3.05) is 0 Å². The van der Waals surface area contributed by atoms with Crippen molar-refractivity contribution in [1.29, 1.82) is 0 Å². The molecule has 0 spiro atoms. The van der Waals surface area contributed by atoms with Crippen LogP contribution in [0.15, 0.2) is 22.0 Å². The summed E-state index contributed by atoms with van der Waals surface area (Å²) in [6, 6.07) is 3.96. The summed E-state index contributed by atoms with van der Waals surface area (Å²) in [7, 11) is 0. The lowest BCUT2D eigenvalue weighted by Gasteiger charge is -2.03. The number of nitrogens with zero attached hydrogens (tertiary/aromatic N) is 2. The highest BCUT2D eigenvalue weighted by Crippen LogP contribution is 2.17. The zero-order valence-electron chi connectivity index (χ0n) is 9.93. The molecule has 0 bridgehead atoms. The summed E-state index contributed by atoms with van der Waals surface area (Å²) in [6.45, 7) is 2.14. The van der Waals surface area contributed by atoms with Crippen molar-refractivity contribution in [3.8, 4) is 0 Å². The number of nitrogens with two attached hydrogens (primary N) is 1. The molecule has 4 nitrogen and oxygen atoms in total. The molecular weight excluding hydrogens is 234 g/mol. The van der Waals surface area contributed by atoms with E-state index in [9.17, 15) is 0 Å². The monoisotopic (exact) mass is 251 g/mol. The molecule has 0 aromatic carbocycles. The number of aromatic nitrogens is 2. The van der Waals surface area contributed by atoms with E-state index >= 15 is 0 Å². The van der Waals surface area contributed by atoms with Gasteiger partial charge in [0.1, 0.15) is 0 Å². The van der Waals surface area contributed by atoms with Gasteiger partial charge in [0.25, 0.3) is 0 Å². The summed E-state index contributed by atoms with van der Waals surface area (Å²) in [6.07, 6.45) is 3.84. The van der Waals surface area contributed by atoms with Crippen molar-refractivity contribution in [2.45, 2.75) is 38.6 Å². The molecule has 92 valence electrons. The van der Waals surface area contributed by atoms with Gasteiger partial charge in [0, 0.05) is 11.3 Å². The van der Waals surface area contributed by atoms with Crippen LogP contribution >= 0.6 is 11.3 Å². The van der Waals surface area contributed by atoms with Gasteiger partial charge in [-0.15, -0.1) is 11.3 Å². The summed E-state index contributed by atoms with van der Waals surface area (Å²) in [5.41, 5.74) is 5.97. The highest BCUT2D eigenvalue weighted by Gasteiger charge is 2.14. The van der Waals surface area contributed by atoms with E-state index in [0.717, 1.165) is 31.5 Å². The number of thiophene rings is 1. The van der Waals surface area contributed by atoms with Gasteiger partial charge in [0.05, 0.1) is 6.04 Å². The second-order valence-corrected chi connectivity index (χ2v) is 5.09. The summed E-state index contributed by atoms with van der Waals surface area (Å²) >= 11 is 1.70. The van der Waals surface area contributed by atoms with Gasteiger partial charge < -0.3 is 10.3 Å². The molecule has 2 rings (SSSR count). The minimum Gasteiger partial charge on any atom is -0.338 e. The van der Waals surface area contributed by atoms with Gasteiger partial charge in [-0.05, 0) is 17.9 Å². The third kappa shape index (κ3) is 3.38. The maximum atomic E-state index is 5.97. The Balaban J connectivity index is 1.95. The first-order valence-corrected chi connectivity index (χ1v) is 6.78. The molecule has 2 N–H and O–H groups in total. The topological polar surface area (TPSA) is 64.9 Å². The van der Waals surface area contributed by atoms with Crippen molar-refractivity contribution in [3.05, 3.63) is 34.1 Å². The molecule has 0 aliphatic rings. The summed E-state index contributed by atoms with van der Waals surface area (Å²) in [5.74, 6) is 1.28. The summed E-state index contributed by atoms with van der Waals surface area (Å²) < 4.78 is 5.19. The average molecular weight is 251 g/mol. The van der Waals surface area contributed by atoms with E-state index in [1.54, 1.807) is 11.3 Å². The van der Waals surface area contributed by atoms with Crippen LogP contribution in [0.25, 0.3) is 0 Å². The Morgan fingerprint density at radius 3 is 3.12 bits per heavy atom. The molecule has 0 fully saturated rings. The quantitative estimate of drug-likeness (QED) is 0.857. The van der Waals surface area contributed by atoms with Crippen LogP contribution in [-0.4, -0.2) is 10.1 Å². The Hall–Kier alpha value is -1.20. The summed E-state index contributed by atoms with van der Waals surface area (Å²) in [5, 5.41) is 6.01. The standard InChI is InChI=1S/C12H17N3OS/c1-2-3-6-10(13)12-14-11(15-16-12)8-9-5-4-7-17-9/h4-5,7,10H,2-3,6,8,13H2,1H3. The Morgan fingerprint density at radius 1 is 1.53 bits per heavy atom. The van der Waals surface area contributed by atoms with Gasteiger partial charge in [0.15, 0.2) is 5.82 Å². The van der Waals surface area contributed by atoms with E-state index in [1.165, 1.54) is 4.88 Å². The largest absolute Gasteiger partial charge is 0.338 e. The van der Waals surface area contributed by atoms with Crippen LogP contribution in [0, 0.1) is 0 Å². The van der Waals surface area contributed by atoms with Gasteiger partial charge in [-0.3, -0.25) is 0 Å². The lowest BCUT2D eigenvalue weighted by molar-refractivity contribution is 0.343. The lowest BCUT2D eigenvalue weighted by atomic mass is 10.1. The molecule has 1 unspecified atom stereocenters. The van der Waals surface area contributed by atoms with Crippen LogP contribution in [0.3, 0.4) is 0 Å². The van der Waals surface area contributed by atoms with E-state index in [2.05, 4.69) is 23.1 Å². The van der Waals surface area contributed by atoms with Crippen LogP contribution in [-0.2, 0) is 6.42 Å². The van der Waals surface area contributed by atoms with Crippen LogP contribution in [0.1, 0.15) is 48.8 Å². The van der Waals surface area contributed by atoms with Crippen molar-refractivity contribution < 1.29 is 4.52 Å². The van der Waals surface area contributed by atoms with Crippen LogP contribution in [0.2, 0.25) is 0 Å². The van der Waals surface area contributed by atoms with Gasteiger partial charge in [-0.25, -0.2) is 0 Å². The normalized spacial score (nSPS) is 12.8. The molecule has 0 saturated heterocycles. The first-order valence-electron chi connectivity index (χ1n) is 5.90. The molecule has 0 saturated carbocycles. The lowest BCUT2D eigenvalue weighted by Crippen LogP contribution is -2.10. The number of unbranched alkanes of at least 4 members (excludes halogenated alkanes) is 1. The zero-order chi connectivity index (χ0) is 12.1. The Bertz CT molecular complexity index is 438. The maximum absolute atomic E-state index is 5.97. The predicted octanol–water partition coefficient (Wildman–Crippen LogP) is 2.91. The molecular formula is C12H17N3OS. The number of rotatable bonds is 6. The van der Waals surface area contributed by atoms with E-state index in [4.69, 9.17) is 10.3 Å². The molecule has 5 heteroatoms. The first kappa shape index (κ1) is 12.3. The van der Waals surface area contributed by atoms with E-state index < -0.39 is 0 Å². The predicted molar refractivity (Wildman–Crippen MR) is 67.9 cm³/mol. The maximum Gasteiger partial charge on any atom is 0.243 e. The van der Waals surface area contributed by atoms with Crippen LogP contribution in [0.5, 0.6) is 0 Å². The fraction of sp³-hybridized carbons (Fsp3) is 0.500. The molecule has 0 aliphatic carbocycles. The SMILES string of the molecule is CCCCC(N)c1nc(Cc2cccs2)no1. The van der Waals surface area contributed by atoms with Crippen molar-refractivity contribution in [3.63, 3.8) is 0 Å². The van der Waals surface area contributed by atoms with E-state index in [1.807, 2.05) is 11.4 Å². The zero-order valence-corrected chi connectivity index (χ0v) is 10.7. The molecule has 1 atom stereocenters. The molecule has 0 amide bonds. The third-order valence-electron chi connectivity index (χ3n) is 2.58. The highest BCUT2D eigenvalue weighted by atomic mass is 32.1. The second-order valence-electron chi connectivity index (χ2n) is 4.05. The number of hydrogen-bond donors (Lipinski definition) is 1. The smallest absolute Gasteiger partial charge is 0.243 e. The van der Waals surface area contributed by atoms with Crippen molar-refractivity contribution in [2.24, 2.45) is 5.73 Å². The van der Waals surface area contributed by atoms with Crippen LogP contribution < -0.4 is 5.73 Å². The van der Waals surface area contributed by atoms with E-state index in [-0.39, 0.29) is 6.04 Å². The average Bonchev–Trinajstić information content (AvgIpc) is 2.98. The van der Waals surface area contributed by atoms with Gasteiger partial charge in [-0.1, -0.05) is 31.0 Å².